The van der Waals surface area contributed by atoms with Crippen LogP contribution in [0.1, 0.15) is 43.7 Å². The molecule has 0 bridgehead atoms. The van der Waals surface area contributed by atoms with Gasteiger partial charge in [-0.3, -0.25) is 4.79 Å². The maximum Gasteiger partial charge on any atom is 0.246 e. The Bertz CT molecular complexity index is 1010. The molecule has 0 saturated carbocycles. The summed E-state index contributed by atoms with van der Waals surface area (Å²) < 4.78 is 27.0. The van der Waals surface area contributed by atoms with Crippen molar-refractivity contribution >= 4 is 27.3 Å². The molecule has 0 aromatic heterocycles. The van der Waals surface area contributed by atoms with Crippen molar-refractivity contribution < 1.29 is 13.2 Å². The van der Waals surface area contributed by atoms with Gasteiger partial charge in [-0.2, -0.15) is 4.31 Å². The van der Waals surface area contributed by atoms with E-state index in [4.69, 9.17) is 0 Å². The van der Waals surface area contributed by atoms with Crippen molar-refractivity contribution in [2.75, 3.05) is 23.7 Å². The SMILES string of the molecule is CC(Nc1ccc2c(c1)CCC2)C(=O)Nc1ccc(S(=O)(=O)N2CCCCC2)cc1. The highest BCUT2D eigenvalue weighted by Gasteiger charge is 2.25. The molecule has 1 aliphatic heterocycles. The zero-order chi connectivity index (χ0) is 21.1. The Labute approximate surface area is 178 Å². The van der Waals surface area contributed by atoms with Gasteiger partial charge in [0.05, 0.1) is 4.90 Å². The molecule has 1 aliphatic carbocycles. The molecule has 1 atom stereocenters. The number of nitrogens with one attached hydrogen (secondary N) is 2. The number of amides is 1. The number of aryl methyl sites for hydroxylation is 2. The van der Waals surface area contributed by atoms with Gasteiger partial charge in [0.2, 0.25) is 15.9 Å². The maximum atomic E-state index is 12.7. The first kappa shape index (κ1) is 20.9. The molecular weight excluding hydrogens is 398 g/mol. The van der Waals surface area contributed by atoms with Crippen LogP contribution in [0.4, 0.5) is 11.4 Å². The second-order valence-electron chi connectivity index (χ2n) is 8.18. The number of hydrogen-bond donors (Lipinski definition) is 2. The van der Waals surface area contributed by atoms with E-state index >= 15 is 0 Å². The highest BCUT2D eigenvalue weighted by atomic mass is 32.2. The molecule has 2 aromatic rings. The molecule has 2 aromatic carbocycles. The van der Waals surface area contributed by atoms with E-state index in [-0.39, 0.29) is 10.8 Å². The first-order valence-electron chi connectivity index (χ1n) is 10.7. The normalized spacial score (nSPS) is 17.9. The fourth-order valence-electron chi connectivity index (χ4n) is 4.19. The summed E-state index contributed by atoms with van der Waals surface area (Å²) in [5.74, 6) is -0.165. The molecule has 2 N–H and O–H groups in total. The molecule has 30 heavy (non-hydrogen) atoms. The average molecular weight is 428 g/mol. The number of anilines is 2. The molecule has 1 saturated heterocycles. The number of fused-ring (bicyclic) bond motifs is 1. The number of piperidine rings is 1. The second kappa shape index (κ2) is 8.78. The minimum atomic E-state index is -3.46. The number of carbonyl (C=O) groups is 1. The van der Waals surface area contributed by atoms with E-state index in [9.17, 15) is 13.2 Å². The third-order valence-electron chi connectivity index (χ3n) is 5.95. The van der Waals surface area contributed by atoms with Gasteiger partial charge in [-0.1, -0.05) is 12.5 Å². The lowest BCUT2D eigenvalue weighted by Gasteiger charge is -2.25. The Morgan fingerprint density at radius 1 is 0.900 bits per heavy atom. The smallest absolute Gasteiger partial charge is 0.246 e. The number of sulfonamides is 1. The predicted molar refractivity (Wildman–Crippen MR) is 119 cm³/mol. The second-order valence-corrected chi connectivity index (χ2v) is 10.1. The fourth-order valence-corrected chi connectivity index (χ4v) is 5.71. The lowest BCUT2D eigenvalue weighted by molar-refractivity contribution is -0.116. The summed E-state index contributed by atoms with van der Waals surface area (Å²) in [6.07, 6.45) is 6.31. The zero-order valence-corrected chi connectivity index (χ0v) is 18.2. The molecule has 1 fully saturated rings. The Balaban J connectivity index is 1.37. The van der Waals surface area contributed by atoms with Gasteiger partial charge in [-0.05, 0) is 86.6 Å². The lowest BCUT2D eigenvalue weighted by atomic mass is 10.1. The first-order valence-corrected chi connectivity index (χ1v) is 12.2. The summed E-state index contributed by atoms with van der Waals surface area (Å²) in [7, 11) is -3.46. The number of benzene rings is 2. The van der Waals surface area contributed by atoms with E-state index in [1.54, 1.807) is 28.6 Å². The molecule has 2 aliphatic rings. The molecule has 1 amide bonds. The van der Waals surface area contributed by atoms with E-state index in [0.29, 0.717) is 18.8 Å². The van der Waals surface area contributed by atoms with Crippen LogP contribution in [0.15, 0.2) is 47.4 Å². The molecular formula is C23H29N3O3S. The van der Waals surface area contributed by atoms with Crippen LogP contribution in [0.25, 0.3) is 0 Å². The number of nitrogens with zero attached hydrogens (tertiary/aromatic N) is 1. The minimum absolute atomic E-state index is 0.165. The van der Waals surface area contributed by atoms with Crippen LogP contribution in [0.3, 0.4) is 0 Å². The minimum Gasteiger partial charge on any atom is -0.374 e. The van der Waals surface area contributed by atoms with Crippen molar-refractivity contribution in [1.82, 2.24) is 4.31 Å². The van der Waals surface area contributed by atoms with Crippen molar-refractivity contribution in [3.63, 3.8) is 0 Å². The van der Waals surface area contributed by atoms with Crippen molar-refractivity contribution in [2.24, 2.45) is 0 Å². The molecule has 1 heterocycles. The van der Waals surface area contributed by atoms with E-state index in [0.717, 1.165) is 37.8 Å². The van der Waals surface area contributed by atoms with Crippen LogP contribution in [0, 0.1) is 0 Å². The summed E-state index contributed by atoms with van der Waals surface area (Å²) in [4.78, 5) is 12.8. The van der Waals surface area contributed by atoms with Gasteiger partial charge < -0.3 is 10.6 Å². The number of hydrogen-bond acceptors (Lipinski definition) is 4. The van der Waals surface area contributed by atoms with Crippen molar-refractivity contribution in [2.45, 2.75) is 56.4 Å². The summed E-state index contributed by atoms with van der Waals surface area (Å²) in [6.45, 7) is 2.97. The predicted octanol–water partition coefficient (Wildman–Crippen LogP) is 3.79. The fraction of sp³-hybridized carbons (Fsp3) is 0.435. The molecule has 0 spiro atoms. The van der Waals surface area contributed by atoms with Crippen LogP contribution in [0.2, 0.25) is 0 Å². The highest BCUT2D eigenvalue weighted by Crippen LogP contribution is 2.25. The Hall–Kier alpha value is -2.38. The van der Waals surface area contributed by atoms with Crippen LogP contribution >= 0.6 is 0 Å². The highest BCUT2D eigenvalue weighted by molar-refractivity contribution is 7.89. The largest absolute Gasteiger partial charge is 0.374 e. The topological polar surface area (TPSA) is 78.5 Å². The van der Waals surface area contributed by atoms with Gasteiger partial charge >= 0.3 is 0 Å². The van der Waals surface area contributed by atoms with Gasteiger partial charge in [0.15, 0.2) is 0 Å². The van der Waals surface area contributed by atoms with Crippen molar-refractivity contribution in [3.8, 4) is 0 Å². The van der Waals surface area contributed by atoms with Crippen LogP contribution < -0.4 is 10.6 Å². The Morgan fingerprint density at radius 2 is 1.57 bits per heavy atom. The number of rotatable bonds is 6. The third-order valence-corrected chi connectivity index (χ3v) is 7.86. The van der Waals surface area contributed by atoms with E-state index in [1.807, 2.05) is 13.0 Å². The van der Waals surface area contributed by atoms with Gasteiger partial charge in [-0.25, -0.2) is 8.42 Å². The van der Waals surface area contributed by atoms with Crippen molar-refractivity contribution in [3.05, 3.63) is 53.6 Å². The van der Waals surface area contributed by atoms with Crippen LogP contribution in [-0.4, -0.2) is 37.8 Å². The summed E-state index contributed by atoms with van der Waals surface area (Å²) >= 11 is 0. The molecule has 0 radical (unpaired) electrons. The molecule has 6 nitrogen and oxygen atoms in total. The molecule has 160 valence electrons. The standard InChI is InChI=1S/C23H29N3O3S/c1-17(24-21-9-8-18-6-5-7-19(18)16-21)23(27)25-20-10-12-22(13-11-20)30(28,29)26-14-3-2-4-15-26/h8-13,16-17,24H,2-7,14-15H2,1H3,(H,25,27). The molecule has 4 rings (SSSR count). The number of carbonyl (C=O) groups excluding carboxylic acids is 1. The van der Waals surface area contributed by atoms with Gasteiger partial charge in [0, 0.05) is 24.5 Å². The maximum absolute atomic E-state index is 12.7. The Kier molecular flexibility index (Phi) is 6.11. The quantitative estimate of drug-likeness (QED) is 0.735. The van der Waals surface area contributed by atoms with Crippen LogP contribution in [-0.2, 0) is 27.7 Å². The Morgan fingerprint density at radius 3 is 2.30 bits per heavy atom. The van der Waals surface area contributed by atoms with Crippen LogP contribution in [0.5, 0.6) is 0 Å². The zero-order valence-electron chi connectivity index (χ0n) is 17.4. The van der Waals surface area contributed by atoms with Gasteiger partial charge in [-0.15, -0.1) is 0 Å². The molecule has 7 heteroatoms. The first-order chi connectivity index (χ1) is 14.4. The third kappa shape index (κ3) is 4.52. The lowest BCUT2D eigenvalue weighted by Crippen LogP contribution is -2.35. The van der Waals surface area contributed by atoms with Gasteiger partial charge in [0.25, 0.3) is 0 Å². The van der Waals surface area contributed by atoms with E-state index < -0.39 is 16.1 Å². The van der Waals surface area contributed by atoms with Gasteiger partial charge in [0.1, 0.15) is 6.04 Å². The summed E-state index contributed by atoms with van der Waals surface area (Å²) in [5, 5.41) is 6.12. The average Bonchev–Trinajstić information content (AvgIpc) is 3.22. The monoisotopic (exact) mass is 427 g/mol. The summed E-state index contributed by atoms with van der Waals surface area (Å²) in [5.41, 5.74) is 4.29. The summed E-state index contributed by atoms with van der Waals surface area (Å²) in [6, 6.07) is 12.3. The molecule has 1 unspecified atom stereocenters. The van der Waals surface area contributed by atoms with E-state index in [2.05, 4.69) is 22.8 Å². The van der Waals surface area contributed by atoms with Crippen molar-refractivity contribution in [1.29, 1.82) is 0 Å². The van der Waals surface area contributed by atoms with E-state index in [1.165, 1.54) is 17.5 Å².